The van der Waals surface area contributed by atoms with E-state index in [2.05, 4.69) is 20.2 Å². The van der Waals surface area contributed by atoms with Crippen LogP contribution in [0.4, 0.5) is 5.95 Å². The normalized spacial score (nSPS) is 31.6. The highest BCUT2D eigenvalue weighted by Gasteiger charge is 2.59. The number of rotatable bonds is 6. The molecular formula is C25H36N6O2. The second-order valence-corrected chi connectivity index (χ2v) is 11.0. The molecule has 1 aliphatic heterocycles. The van der Waals surface area contributed by atoms with Crippen LogP contribution in [0, 0.1) is 5.92 Å². The summed E-state index contributed by atoms with van der Waals surface area (Å²) in [5.41, 5.74) is 1.75. The molecule has 1 amide bonds. The first-order valence-corrected chi connectivity index (χ1v) is 12.7. The van der Waals surface area contributed by atoms with Gasteiger partial charge in [-0.2, -0.15) is 4.98 Å². The van der Waals surface area contributed by atoms with Crippen molar-refractivity contribution >= 4 is 22.9 Å². The fourth-order valence-electron chi connectivity index (χ4n) is 6.42. The van der Waals surface area contributed by atoms with Gasteiger partial charge in [-0.15, -0.1) is 0 Å². The van der Waals surface area contributed by atoms with Crippen LogP contribution in [-0.4, -0.2) is 70.8 Å². The van der Waals surface area contributed by atoms with E-state index >= 15 is 0 Å². The Bertz CT molecular complexity index is 1020. The number of hydrogen-bond donors (Lipinski definition) is 2. The first kappa shape index (κ1) is 21.4. The molecule has 5 aliphatic rings. The summed E-state index contributed by atoms with van der Waals surface area (Å²) in [4.78, 5) is 24.2. The molecule has 0 radical (unpaired) electrons. The van der Waals surface area contributed by atoms with E-state index in [1.807, 2.05) is 26.4 Å². The fourth-order valence-corrected chi connectivity index (χ4v) is 6.42. The van der Waals surface area contributed by atoms with Crippen molar-refractivity contribution in [3.63, 3.8) is 0 Å². The molecule has 178 valence electrons. The van der Waals surface area contributed by atoms with Gasteiger partial charge >= 0.3 is 0 Å². The van der Waals surface area contributed by atoms with Gasteiger partial charge in [-0.25, -0.2) is 4.98 Å². The molecule has 1 saturated heterocycles. The molecule has 0 unspecified atom stereocenters. The highest BCUT2D eigenvalue weighted by atomic mass is 16.5. The number of carbonyl (C=O) groups is 1. The van der Waals surface area contributed by atoms with Crippen molar-refractivity contribution in [1.82, 2.24) is 24.8 Å². The SMILES string of the molecule is CN(C)C(=O)c1cc2cnc(NC3CCC(NC4CCOCC4)CC3)nc2n1C12CC(C1)C2. The molecule has 2 bridgehead atoms. The van der Waals surface area contributed by atoms with Crippen molar-refractivity contribution in [2.45, 2.75) is 81.5 Å². The van der Waals surface area contributed by atoms with Crippen LogP contribution in [0.3, 0.4) is 0 Å². The van der Waals surface area contributed by atoms with E-state index in [4.69, 9.17) is 9.72 Å². The van der Waals surface area contributed by atoms with Gasteiger partial charge in [0.2, 0.25) is 5.95 Å². The van der Waals surface area contributed by atoms with Crippen molar-refractivity contribution in [2.24, 2.45) is 5.92 Å². The Balaban J connectivity index is 1.17. The van der Waals surface area contributed by atoms with Crippen LogP contribution < -0.4 is 10.6 Å². The van der Waals surface area contributed by atoms with Crippen molar-refractivity contribution in [3.05, 3.63) is 18.0 Å². The van der Waals surface area contributed by atoms with Gasteiger partial charge in [0, 0.05) is 62.6 Å². The number of ether oxygens (including phenoxy) is 1. The minimum Gasteiger partial charge on any atom is -0.381 e. The second-order valence-electron chi connectivity index (χ2n) is 11.0. The summed E-state index contributed by atoms with van der Waals surface area (Å²) in [6.07, 6.45) is 12.3. The predicted molar refractivity (Wildman–Crippen MR) is 128 cm³/mol. The minimum absolute atomic E-state index is 0.0441. The van der Waals surface area contributed by atoms with Gasteiger partial charge in [0.25, 0.3) is 5.91 Å². The zero-order chi connectivity index (χ0) is 22.6. The van der Waals surface area contributed by atoms with Gasteiger partial charge in [-0.05, 0) is 69.8 Å². The van der Waals surface area contributed by atoms with Crippen molar-refractivity contribution in [3.8, 4) is 0 Å². The Morgan fingerprint density at radius 1 is 1.06 bits per heavy atom. The van der Waals surface area contributed by atoms with Crippen LogP contribution >= 0.6 is 0 Å². The Hall–Kier alpha value is -2.19. The third kappa shape index (κ3) is 3.81. The maximum Gasteiger partial charge on any atom is 0.270 e. The van der Waals surface area contributed by atoms with E-state index in [-0.39, 0.29) is 11.4 Å². The van der Waals surface area contributed by atoms with E-state index in [0.29, 0.717) is 24.1 Å². The minimum atomic E-state index is 0.0441. The predicted octanol–water partition coefficient (Wildman–Crippen LogP) is 3.13. The van der Waals surface area contributed by atoms with E-state index in [0.717, 1.165) is 61.5 Å². The summed E-state index contributed by atoms with van der Waals surface area (Å²) < 4.78 is 7.73. The van der Waals surface area contributed by atoms with Crippen molar-refractivity contribution in [2.75, 3.05) is 32.6 Å². The van der Waals surface area contributed by atoms with Crippen molar-refractivity contribution in [1.29, 1.82) is 0 Å². The smallest absolute Gasteiger partial charge is 0.270 e. The molecule has 4 aliphatic carbocycles. The topological polar surface area (TPSA) is 84.3 Å². The summed E-state index contributed by atoms with van der Waals surface area (Å²) in [6.45, 7) is 1.78. The Morgan fingerprint density at radius 3 is 2.36 bits per heavy atom. The summed E-state index contributed by atoms with van der Waals surface area (Å²) in [7, 11) is 3.64. The number of amides is 1. The quantitative estimate of drug-likeness (QED) is 0.701. The zero-order valence-corrected chi connectivity index (χ0v) is 19.8. The number of aromatic nitrogens is 3. The van der Waals surface area contributed by atoms with Crippen molar-refractivity contribution < 1.29 is 9.53 Å². The third-order valence-corrected chi connectivity index (χ3v) is 8.40. The summed E-state index contributed by atoms with van der Waals surface area (Å²) in [5, 5.41) is 8.42. The number of nitrogens with one attached hydrogen (secondary N) is 2. The van der Waals surface area contributed by atoms with Gasteiger partial charge in [-0.3, -0.25) is 4.79 Å². The average molecular weight is 453 g/mol. The lowest BCUT2D eigenvalue weighted by molar-refractivity contribution is -0.0870. The molecule has 5 fully saturated rings. The van der Waals surface area contributed by atoms with Gasteiger partial charge < -0.3 is 24.8 Å². The molecule has 0 aromatic carbocycles. The number of nitrogens with zero attached hydrogens (tertiary/aromatic N) is 4. The molecular weight excluding hydrogens is 416 g/mol. The third-order valence-electron chi connectivity index (χ3n) is 8.40. The number of carbonyl (C=O) groups excluding carboxylic acids is 1. The van der Waals surface area contributed by atoms with E-state index in [1.54, 1.807) is 4.90 Å². The van der Waals surface area contributed by atoms with Crippen LogP contribution in [0.5, 0.6) is 0 Å². The number of hydrogen-bond acceptors (Lipinski definition) is 6. The molecule has 0 atom stereocenters. The lowest BCUT2D eigenvalue weighted by Crippen LogP contribution is -2.60. The molecule has 4 saturated carbocycles. The zero-order valence-electron chi connectivity index (χ0n) is 19.8. The summed E-state index contributed by atoms with van der Waals surface area (Å²) >= 11 is 0. The molecule has 33 heavy (non-hydrogen) atoms. The maximum absolute atomic E-state index is 12.9. The average Bonchev–Trinajstić information content (AvgIpc) is 3.12. The van der Waals surface area contributed by atoms with Gasteiger partial charge in [0.05, 0.1) is 0 Å². The maximum atomic E-state index is 12.9. The molecule has 8 nitrogen and oxygen atoms in total. The molecule has 2 aromatic rings. The highest BCUT2D eigenvalue weighted by molar-refractivity contribution is 5.98. The van der Waals surface area contributed by atoms with Gasteiger partial charge in [-0.1, -0.05) is 0 Å². The monoisotopic (exact) mass is 452 g/mol. The van der Waals surface area contributed by atoms with Gasteiger partial charge in [0.1, 0.15) is 11.3 Å². The highest BCUT2D eigenvalue weighted by Crippen LogP contribution is 2.63. The van der Waals surface area contributed by atoms with E-state index in [9.17, 15) is 4.79 Å². The molecule has 8 heteroatoms. The second kappa shape index (κ2) is 8.24. The van der Waals surface area contributed by atoms with Crippen LogP contribution in [0.15, 0.2) is 12.3 Å². The van der Waals surface area contributed by atoms with Crippen LogP contribution in [-0.2, 0) is 10.3 Å². The Morgan fingerprint density at radius 2 is 1.73 bits per heavy atom. The van der Waals surface area contributed by atoms with Crippen LogP contribution in [0.2, 0.25) is 0 Å². The Labute approximate surface area is 195 Å². The summed E-state index contributed by atoms with van der Waals surface area (Å²) in [6, 6.07) is 3.60. The lowest BCUT2D eigenvalue weighted by atomic mass is 9.49. The van der Waals surface area contributed by atoms with Crippen LogP contribution in [0.25, 0.3) is 11.0 Å². The van der Waals surface area contributed by atoms with Gasteiger partial charge in [0.15, 0.2) is 0 Å². The first-order chi connectivity index (χ1) is 16.0. The number of fused-ring (bicyclic) bond motifs is 1. The molecule has 2 aromatic heterocycles. The fraction of sp³-hybridized carbons (Fsp3) is 0.720. The first-order valence-electron chi connectivity index (χ1n) is 12.7. The Kier molecular flexibility index (Phi) is 5.33. The van der Waals surface area contributed by atoms with E-state index < -0.39 is 0 Å². The standard InChI is InChI=1S/C25H36N6O2/c1-30(2)23(32)21-11-17-15-26-24(29-22(17)31(21)25-12-16(13-25)14-25)28-19-5-3-18(4-6-19)27-20-7-9-33-10-8-20/h11,15-16,18-20,27H,3-10,12-14H2,1-2H3,(H,26,28,29). The lowest BCUT2D eigenvalue weighted by Gasteiger charge is -2.62. The summed E-state index contributed by atoms with van der Waals surface area (Å²) in [5.74, 6) is 1.56. The largest absolute Gasteiger partial charge is 0.381 e. The molecule has 2 N–H and O–H groups in total. The van der Waals surface area contributed by atoms with Crippen LogP contribution in [0.1, 0.15) is 68.3 Å². The molecule has 0 spiro atoms. The number of anilines is 1. The van der Waals surface area contributed by atoms with E-state index in [1.165, 1.54) is 32.1 Å². The molecule has 3 heterocycles. The molecule has 7 rings (SSSR count).